The highest BCUT2D eigenvalue weighted by molar-refractivity contribution is 5.69. The predicted octanol–water partition coefficient (Wildman–Crippen LogP) is 4.58. The monoisotopic (exact) mass is 294 g/mol. The van der Waals surface area contributed by atoms with Crippen molar-refractivity contribution < 1.29 is 9.13 Å². The molecule has 0 amide bonds. The van der Waals surface area contributed by atoms with Crippen molar-refractivity contribution in [1.82, 2.24) is 0 Å². The zero-order valence-electron chi connectivity index (χ0n) is 13.1. The number of benzene rings is 1. The van der Waals surface area contributed by atoms with Gasteiger partial charge in [0.2, 0.25) is 0 Å². The number of anilines is 2. The van der Waals surface area contributed by atoms with Crippen LogP contribution in [-0.2, 0) is 0 Å². The van der Waals surface area contributed by atoms with E-state index in [9.17, 15) is 4.39 Å². The Labute approximate surface area is 127 Å². The molecule has 0 saturated heterocycles. The highest BCUT2D eigenvalue weighted by atomic mass is 19.1. The summed E-state index contributed by atoms with van der Waals surface area (Å²) in [6.45, 7) is 4.75. The highest BCUT2D eigenvalue weighted by Crippen LogP contribution is 2.33. The number of nitrogen functional groups attached to an aromatic ring is 1. The average molecular weight is 294 g/mol. The van der Waals surface area contributed by atoms with Gasteiger partial charge in [0.25, 0.3) is 0 Å². The molecule has 1 aromatic carbocycles. The van der Waals surface area contributed by atoms with Crippen molar-refractivity contribution in [3.05, 3.63) is 17.9 Å². The fraction of sp³-hybridized carbons (Fsp3) is 0.647. The lowest BCUT2D eigenvalue weighted by Crippen LogP contribution is -2.32. The molecule has 21 heavy (non-hydrogen) atoms. The Kier molecular flexibility index (Phi) is 5.71. The van der Waals surface area contributed by atoms with Gasteiger partial charge in [0.05, 0.1) is 18.0 Å². The van der Waals surface area contributed by atoms with E-state index in [4.69, 9.17) is 10.5 Å². The molecule has 4 heteroatoms. The van der Waals surface area contributed by atoms with Crippen LogP contribution in [0.2, 0.25) is 0 Å². The Morgan fingerprint density at radius 3 is 2.76 bits per heavy atom. The van der Waals surface area contributed by atoms with Gasteiger partial charge in [0.15, 0.2) is 11.6 Å². The topological polar surface area (TPSA) is 47.3 Å². The molecule has 0 radical (unpaired) electrons. The van der Waals surface area contributed by atoms with Crippen LogP contribution in [0.25, 0.3) is 0 Å². The second-order valence-corrected chi connectivity index (χ2v) is 5.92. The molecule has 1 aliphatic rings. The lowest BCUT2D eigenvalue weighted by molar-refractivity contribution is 0.301. The van der Waals surface area contributed by atoms with Gasteiger partial charge in [-0.3, -0.25) is 0 Å². The summed E-state index contributed by atoms with van der Waals surface area (Å²) in [6.07, 6.45) is 6.98. The molecule has 0 aliphatic heterocycles. The smallest absolute Gasteiger partial charge is 0.167 e. The lowest BCUT2D eigenvalue weighted by atomic mass is 9.83. The number of rotatable bonds is 6. The third-order valence-electron chi connectivity index (χ3n) is 4.34. The minimum Gasteiger partial charge on any atom is -0.490 e. The standard InChI is InChI=1S/C17H27FN2O/c1-3-9-21-17-11-16(14(19)10-13(17)18)20-15-8-6-5-7-12(15)4-2/h10-12,15,20H,3-9,19H2,1-2H3. The van der Waals surface area contributed by atoms with Crippen LogP contribution >= 0.6 is 0 Å². The third kappa shape index (κ3) is 4.02. The van der Waals surface area contributed by atoms with Gasteiger partial charge in [-0.1, -0.05) is 33.1 Å². The van der Waals surface area contributed by atoms with Gasteiger partial charge in [-0.05, 0) is 25.2 Å². The first-order valence-corrected chi connectivity index (χ1v) is 8.14. The molecule has 0 heterocycles. The minimum absolute atomic E-state index is 0.289. The molecule has 3 nitrogen and oxygen atoms in total. The zero-order valence-corrected chi connectivity index (χ0v) is 13.1. The molecule has 1 aromatic rings. The molecule has 118 valence electrons. The lowest BCUT2D eigenvalue weighted by Gasteiger charge is -2.32. The summed E-state index contributed by atoms with van der Waals surface area (Å²) in [7, 11) is 0. The van der Waals surface area contributed by atoms with Crippen molar-refractivity contribution >= 4 is 11.4 Å². The molecule has 2 rings (SSSR count). The minimum atomic E-state index is -0.387. The van der Waals surface area contributed by atoms with Gasteiger partial charge in [-0.2, -0.15) is 0 Å². The predicted molar refractivity (Wildman–Crippen MR) is 86.3 cm³/mol. The summed E-state index contributed by atoms with van der Waals surface area (Å²) in [4.78, 5) is 0. The molecular weight excluding hydrogens is 267 g/mol. The number of halogens is 1. The van der Waals surface area contributed by atoms with Crippen LogP contribution < -0.4 is 15.8 Å². The van der Waals surface area contributed by atoms with Gasteiger partial charge in [-0.25, -0.2) is 4.39 Å². The van der Waals surface area contributed by atoms with E-state index >= 15 is 0 Å². The summed E-state index contributed by atoms with van der Waals surface area (Å²) >= 11 is 0. The van der Waals surface area contributed by atoms with E-state index in [1.54, 1.807) is 6.07 Å². The molecular formula is C17H27FN2O. The summed E-state index contributed by atoms with van der Waals surface area (Å²) in [6, 6.07) is 3.49. The second kappa shape index (κ2) is 7.53. The fourth-order valence-electron chi connectivity index (χ4n) is 3.10. The Morgan fingerprint density at radius 1 is 1.29 bits per heavy atom. The van der Waals surface area contributed by atoms with Crippen LogP contribution in [0.4, 0.5) is 15.8 Å². The summed E-state index contributed by atoms with van der Waals surface area (Å²) in [5.74, 6) is 0.572. The number of ether oxygens (including phenoxy) is 1. The Bertz CT molecular complexity index is 464. The Morgan fingerprint density at radius 2 is 2.05 bits per heavy atom. The number of hydrogen-bond donors (Lipinski definition) is 2. The fourth-order valence-corrected chi connectivity index (χ4v) is 3.10. The Hall–Kier alpha value is -1.45. The molecule has 3 N–H and O–H groups in total. The Balaban J connectivity index is 2.14. The summed E-state index contributed by atoms with van der Waals surface area (Å²) in [5.41, 5.74) is 7.22. The van der Waals surface area contributed by atoms with Gasteiger partial charge < -0.3 is 15.8 Å². The van der Waals surface area contributed by atoms with Crippen LogP contribution in [0.3, 0.4) is 0 Å². The molecule has 2 atom stereocenters. The molecule has 0 bridgehead atoms. The quantitative estimate of drug-likeness (QED) is 0.755. The van der Waals surface area contributed by atoms with Crippen molar-refractivity contribution in [3.8, 4) is 5.75 Å². The van der Waals surface area contributed by atoms with Crippen molar-refractivity contribution in [1.29, 1.82) is 0 Å². The van der Waals surface area contributed by atoms with Crippen molar-refractivity contribution in [2.45, 2.75) is 58.4 Å². The summed E-state index contributed by atoms with van der Waals surface area (Å²) < 4.78 is 19.3. The number of nitrogens with one attached hydrogen (secondary N) is 1. The van der Waals surface area contributed by atoms with Gasteiger partial charge in [-0.15, -0.1) is 0 Å². The number of hydrogen-bond acceptors (Lipinski definition) is 3. The molecule has 2 unspecified atom stereocenters. The first kappa shape index (κ1) is 15.9. The molecule has 0 spiro atoms. The van der Waals surface area contributed by atoms with E-state index in [-0.39, 0.29) is 11.6 Å². The van der Waals surface area contributed by atoms with Crippen LogP contribution in [0, 0.1) is 11.7 Å². The highest BCUT2D eigenvalue weighted by Gasteiger charge is 2.24. The zero-order chi connectivity index (χ0) is 15.2. The van der Waals surface area contributed by atoms with E-state index < -0.39 is 0 Å². The van der Waals surface area contributed by atoms with Crippen LogP contribution in [0.15, 0.2) is 12.1 Å². The molecule has 1 aliphatic carbocycles. The van der Waals surface area contributed by atoms with Crippen molar-refractivity contribution in [3.63, 3.8) is 0 Å². The maximum absolute atomic E-state index is 13.8. The first-order valence-electron chi connectivity index (χ1n) is 8.14. The van der Waals surface area contributed by atoms with Gasteiger partial charge in [0, 0.05) is 18.2 Å². The average Bonchev–Trinajstić information content (AvgIpc) is 2.49. The number of nitrogens with two attached hydrogens (primary N) is 1. The second-order valence-electron chi connectivity index (χ2n) is 5.92. The molecule has 1 saturated carbocycles. The van der Waals surface area contributed by atoms with E-state index in [0.29, 0.717) is 24.3 Å². The maximum Gasteiger partial charge on any atom is 0.167 e. The van der Waals surface area contributed by atoms with E-state index in [0.717, 1.165) is 24.9 Å². The normalized spacial score (nSPS) is 22.0. The van der Waals surface area contributed by atoms with Gasteiger partial charge in [0.1, 0.15) is 0 Å². The first-order chi connectivity index (χ1) is 10.2. The maximum atomic E-state index is 13.8. The van der Waals surface area contributed by atoms with Gasteiger partial charge >= 0.3 is 0 Å². The van der Waals surface area contributed by atoms with E-state index in [1.807, 2.05) is 6.92 Å². The van der Waals surface area contributed by atoms with E-state index in [1.165, 1.54) is 25.3 Å². The molecule has 0 aromatic heterocycles. The van der Waals surface area contributed by atoms with Crippen molar-refractivity contribution in [2.24, 2.45) is 5.92 Å². The SMILES string of the molecule is CCCOc1cc(NC2CCCCC2CC)c(N)cc1F. The largest absolute Gasteiger partial charge is 0.490 e. The van der Waals surface area contributed by atoms with Crippen LogP contribution in [-0.4, -0.2) is 12.6 Å². The van der Waals surface area contributed by atoms with Crippen LogP contribution in [0.1, 0.15) is 52.4 Å². The van der Waals surface area contributed by atoms with E-state index in [2.05, 4.69) is 12.2 Å². The third-order valence-corrected chi connectivity index (χ3v) is 4.34. The summed E-state index contributed by atoms with van der Waals surface area (Å²) in [5, 5.41) is 3.52. The van der Waals surface area contributed by atoms with Crippen LogP contribution in [0.5, 0.6) is 5.75 Å². The van der Waals surface area contributed by atoms with Crippen molar-refractivity contribution in [2.75, 3.05) is 17.7 Å². The molecule has 1 fully saturated rings.